The van der Waals surface area contributed by atoms with E-state index in [1.165, 1.54) is 57.8 Å². The Morgan fingerprint density at radius 3 is 1.67 bits per heavy atom. The first-order valence-electron chi connectivity index (χ1n) is 7.70. The van der Waals surface area contributed by atoms with Crippen molar-refractivity contribution >= 4 is 0 Å². The molecule has 0 spiro atoms. The van der Waals surface area contributed by atoms with E-state index in [4.69, 9.17) is 5.26 Å². The maximum absolute atomic E-state index is 9.27. The first kappa shape index (κ1) is 17.9. The highest BCUT2D eigenvalue weighted by Crippen LogP contribution is 2.13. The molecule has 0 saturated heterocycles. The van der Waals surface area contributed by atoms with E-state index in [0.717, 1.165) is 12.8 Å². The van der Waals surface area contributed by atoms with Crippen LogP contribution in [0.5, 0.6) is 0 Å². The van der Waals surface area contributed by atoms with Crippen molar-refractivity contribution in [3.05, 3.63) is 0 Å². The van der Waals surface area contributed by atoms with Crippen LogP contribution in [0.4, 0.5) is 0 Å². The van der Waals surface area contributed by atoms with Gasteiger partial charge < -0.3 is 5.11 Å². The summed E-state index contributed by atoms with van der Waals surface area (Å²) < 4.78 is 0. The zero-order valence-corrected chi connectivity index (χ0v) is 12.2. The Morgan fingerprint density at radius 2 is 1.28 bits per heavy atom. The lowest BCUT2D eigenvalue weighted by molar-refractivity contribution is -0.296. The largest absolute Gasteiger partial charge is 0.391 e. The van der Waals surface area contributed by atoms with Gasteiger partial charge in [0.1, 0.15) is 6.10 Å². The van der Waals surface area contributed by atoms with Crippen LogP contribution < -0.4 is 0 Å². The number of unbranched alkanes of at least 4 members (excludes halogenated alkanes) is 9. The van der Waals surface area contributed by atoms with Crippen LogP contribution in [-0.4, -0.2) is 22.6 Å². The average molecular weight is 260 g/mol. The lowest BCUT2D eigenvalue weighted by Gasteiger charge is -2.15. The third-order valence-electron chi connectivity index (χ3n) is 3.52. The van der Waals surface area contributed by atoms with Crippen LogP contribution >= 0.6 is 0 Å². The molecule has 0 aromatic heterocycles. The number of aliphatic hydroxyl groups is 1. The van der Waals surface area contributed by atoms with Gasteiger partial charge in [-0.2, -0.15) is 0 Å². The summed E-state index contributed by atoms with van der Waals surface area (Å²) in [6.07, 6.45) is 12.7. The minimum Gasteiger partial charge on any atom is -0.391 e. The van der Waals surface area contributed by atoms with Gasteiger partial charge in [-0.05, 0) is 13.3 Å². The Bertz CT molecular complexity index is 160. The van der Waals surface area contributed by atoms with Crippen LogP contribution in [0.1, 0.15) is 84.5 Å². The number of hydrogen-bond acceptors (Lipinski definition) is 3. The fourth-order valence-electron chi connectivity index (χ4n) is 2.21. The smallest absolute Gasteiger partial charge is 0.118 e. The Labute approximate surface area is 112 Å². The van der Waals surface area contributed by atoms with Gasteiger partial charge in [-0.15, -0.1) is 0 Å². The van der Waals surface area contributed by atoms with Crippen molar-refractivity contribution in [2.24, 2.45) is 0 Å². The molecule has 0 rings (SSSR count). The van der Waals surface area contributed by atoms with E-state index in [-0.39, 0.29) is 0 Å². The van der Waals surface area contributed by atoms with Crippen LogP contribution in [0.2, 0.25) is 0 Å². The topological polar surface area (TPSA) is 49.7 Å². The summed E-state index contributed by atoms with van der Waals surface area (Å²) >= 11 is 0. The molecule has 0 aliphatic rings. The molecule has 3 heteroatoms. The maximum Gasteiger partial charge on any atom is 0.118 e. The minimum absolute atomic E-state index is 0.418. The van der Waals surface area contributed by atoms with E-state index >= 15 is 0 Å². The van der Waals surface area contributed by atoms with Crippen LogP contribution in [0.25, 0.3) is 0 Å². The van der Waals surface area contributed by atoms with Gasteiger partial charge in [0.15, 0.2) is 0 Å². The van der Waals surface area contributed by atoms with Crippen molar-refractivity contribution in [2.45, 2.75) is 96.7 Å². The molecular weight excluding hydrogens is 228 g/mol. The normalized spacial score (nSPS) is 14.7. The lowest BCUT2D eigenvalue weighted by Crippen LogP contribution is -2.24. The Morgan fingerprint density at radius 1 is 0.833 bits per heavy atom. The highest BCUT2D eigenvalue weighted by atomic mass is 17.1. The third kappa shape index (κ3) is 11.0. The molecule has 0 aromatic carbocycles. The van der Waals surface area contributed by atoms with Gasteiger partial charge in [0.05, 0.1) is 6.10 Å². The van der Waals surface area contributed by atoms with Gasteiger partial charge in [0, 0.05) is 0 Å². The summed E-state index contributed by atoms with van der Waals surface area (Å²) in [7, 11) is 0. The van der Waals surface area contributed by atoms with E-state index in [1.807, 2.05) is 0 Å². The SMILES string of the molecule is CCCCCCCCCCCCC(OO)C(C)O. The molecule has 3 nitrogen and oxygen atoms in total. The van der Waals surface area contributed by atoms with E-state index in [2.05, 4.69) is 11.8 Å². The summed E-state index contributed by atoms with van der Waals surface area (Å²) in [5, 5.41) is 17.9. The van der Waals surface area contributed by atoms with Gasteiger partial charge in [-0.25, -0.2) is 4.89 Å². The zero-order chi connectivity index (χ0) is 13.6. The predicted molar refractivity (Wildman–Crippen MR) is 75.6 cm³/mol. The quantitative estimate of drug-likeness (QED) is 0.290. The van der Waals surface area contributed by atoms with Gasteiger partial charge in [0.2, 0.25) is 0 Å². The molecule has 0 aliphatic heterocycles. The van der Waals surface area contributed by atoms with Crippen molar-refractivity contribution in [3.63, 3.8) is 0 Å². The molecule has 2 N–H and O–H groups in total. The van der Waals surface area contributed by atoms with Crippen molar-refractivity contribution in [1.82, 2.24) is 0 Å². The molecule has 0 saturated carbocycles. The Balaban J connectivity index is 3.15. The number of rotatable bonds is 13. The summed E-state index contributed by atoms with van der Waals surface area (Å²) in [5.74, 6) is 0. The molecule has 18 heavy (non-hydrogen) atoms. The van der Waals surface area contributed by atoms with Crippen molar-refractivity contribution in [2.75, 3.05) is 0 Å². The number of hydrogen-bond donors (Lipinski definition) is 2. The van der Waals surface area contributed by atoms with Gasteiger partial charge in [-0.3, -0.25) is 5.26 Å². The standard InChI is InChI=1S/C15H32O3/c1-3-4-5-6-7-8-9-10-11-12-13-15(18-17)14(2)16/h14-17H,3-13H2,1-2H3. The Kier molecular flexibility index (Phi) is 13.2. The molecule has 0 aromatic rings. The molecule has 0 heterocycles. The fourth-order valence-corrected chi connectivity index (χ4v) is 2.21. The molecule has 0 amide bonds. The van der Waals surface area contributed by atoms with E-state index in [9.17, 15) is 5.11 Å². The first-order chi connectivity index (χ1) is 8.72. The second-order valence-corrected chi connectivity index (χ2v) is 5.36. The molecule has 0 bridgehead atoms. The van der Waals surface area contributed by atoms with Crippen LogP contribution in [-0.2, 0) is 4.89 Å². The zero-order valence-electron chi connectivity index (χ0n) is 12.2. The van der Waals surface area contributed by atoms with Crippen molar-refractivity contribution in [3.8, 4) is 0 Å². The third-order valence-corrected chi connectivity index (χ3v) is 3.52. The van der Waals surface area contributed by atoms with E-state index < -0.39 is 12.2 Å². The fraction of sp³-hybridized carbons (Fsp3) is 1.00. The number of aliphatic hydroxyl groups excluding tert-OH is 1. The molecule has 0 radical (unpaired) electrons. The van der Waals surface area contributed by atoms with Crippen LogP contribution in [0.15, 0.2) is 0 Å². The second kappa shape index (κ2) is 13.3. The van der Waals surface area contributed by atoms with Gasteiger partial charge in [0.25, 0.3) is 0 Å². The average Bonchev–Trinajstić information content (AvgIpc) is 2.35. The minimum atomic E-state index is -0.589. The van der Waals surface area contributed by atoms with Crippen LogP contribution in [0.3, 0.4) is 0 Å². The predicted octanol–water partition coefficient (Wildman–Crippen LogP) is 4.54. The second-order valence-electron chi connectivity index (χ2n) is 5.36. The van der Waals surface area contributed by atoms with Crippen molar-refractivity contribution < 1.29 is 15.3 Å². The van der Waals surface area contributed by atoms with Crippen molar-refractivity contribution in [1.29, 1.82) is 0 Å². The monoisotopic (exact) mass is 260 g/mol. The first-order valence-corrected chi connectivity index (χ1v) is 7.70. The summed E-state index contributed by atoms with van der Waals surface area (Å²) in [6, 6.07) is 0. The Hall–Kier alpha value is -0.120. The molecule has 0 aliphatic carbocycles. The highest BCUT2D eigenvalue weighted by Gasteiger charge is 2.14. The maximum atomic E-state index is 9.27. The van der Waals surface area contributed by atoms with E-state index in [0.29, 0.717) is 0 Å². The van der Waals surface area contributed by atoms with Gasteiger partial charge in [-0.1, -0.05) is 71.1 Å². The summed E-state index contributed by atoms with van der Waals surface area (Å²) in [5.41, 5.74) is 0. The van der Waals surface area contributed by atoms with Crippen LogP contribution in [0, 0.1) is 0 Å². The molecule has 2 atom stereocenters. The van der Waals surface area contributed by atoms with Gasteiger partial charge >= 0.3 is 0 Å². The molecular formula is C15H32O3. The highest BCUT2D eigenvalue weighted by molar-refractivity contribution is 4.62. The molecule has 110 valence electrons. The molecule has 0 fully saturated rings. The molecule has 2 unspecified atom stereocenters. The van der Waals surface area contributed by atoms with E-state index in [1.54, 1.807) is 6.92 Å². The summed E-state index contributed by atoms with van der Waals surface area (Å²) in [6.45, 7) is 3.90. The summed E-state index contributed by atoms with van der Waals surface area (Å²) in [4.78, 5) is 4.24. The lowest BCUT2D eigenvalue weighted by atomic mass is 10.0.